The number of alkyl halides is 3. The predicted molar refractivity (Wildman–Crippen MR) is 126 cm³/mol. The van der Waals surface area contributed by atoms with Crippen molar-refractivity contribution in [1.29, 1.82) is 0 Å². The summed E-state index contributed by atoms with van der Waals surface area (Å²) < 4.78 is 39.1. The summed E-state index contributed by atoms with van der Waals surface area (Å²) in [4.78, 5) is 25.3. The van der Waals surface area contributed by atoms with E-state index in [4.69, 9.17) is 0 Å². The Kier molecular flexibility index (Phi) is 5.76. The lowest BCUT2D eigenvalue weighted by Crippen LogP contribution is -2.06. The number of aromatic carboxylic acids is 1. The first-order valence-electron chi connectivity index (χ1n) is 10.8. The minimum Gasteiger partial charge on any atom is -0.478 e. The molecule has 1 aliphatic rings. The number of aryl methyl sites for hydroxylation is 2. The summed E-state index contributed by atoms with van der Waals surface area (Å²) in [6.45, 7) is 1.88. The maximum Gasteiger partial charge on any atom is 0.416 e. The van der Waals surface area contributed by atoms with Crippen LogP contribution in [0.15, 0.2) is 54.9 Å². The van der Waals surface area contributed by atoms with E-state index in [-0.39, 0.29) is 17.3 Å². The molecule has 0 aliphatic heterocycles. The van der Waals surface area contributed by atoms with E-state index >= 15 is 0 Å². The number of pyridine rings is 2. The number of benzene rings is 1. The number of halogens is 3. The van der Waals surface area contributed by atoms with E-state index in [1.54, 1.807) is 24.4 Å². The molecule has 3 aromatic heterocycles. The molecule has 2 N–H and O–H groups in total. The number of nitrogens with one attached hydrogen (secondary N) is 1. The van der Waals surface area contributed by atoms with Crippen LogP contribution in [0.5, 0.6) is 0 Å². The highest BCUT2D eigenvalue weighted by molar-refractivity contribution is 7.15. The Hall–Kier alpha value is -3.79. The third-order valence-corrected chi connectivity index (χ3v) is 6.99. The fourth-order valence-electron chi connectivity index (χ4n) is 4.24. The normalized spacial score (nSPS) is 15.1. The van der Waals surface area contributed by atoms with Crippen molar-refractivity contribution in [3.8, 4) is 10.6 Å². The molecule has 6 nitrogen and oxygen atoms in total. The van der Waals surface area contributed by atoms with Gasteiger partial charge in [-0.15, -0.1) is 11.3 Å². The van der Waals surface area contributed by atoms with Crippen molar-refractivity contribution in [2.24, 2.45) is 0 Å². The SMILES string of the molecule is Cc1cc(Nc2cc(C(F)(F)F)ccn2)nc(-c2cnc(C3CCc4cc(C(=O)O)ccc43)s2)c1. The van der Waals surface area contributed by atoms with Gasteiger partial charge in [0, 0.05) is 18.3 Å². The van der Waals surface area contributed by atoms with Crippen LogP contribution in [0.1, 0.15) is 50.0 Å². The molecule has 0 amide bonds. The summed E-state index contributed by atoms with van der Waals surface area (Å²) in [5.41, 5.74) is 3.15. The van der Waals surface area contributed by atoms with Crippen LogP contribution in [-0.2, 0) is 12.6 Å². The second-order valence-electron chi connectivity index (χ2n) is 8.34. The van der Waals surface area contributed by atoms with Gasteiger partial charge in [0.25, 0.3) is 0 Å². The summed E-state index contributed by atoms with van der Waals surface area (Å²) in [5.74, 6) is -0.419. The summed E-state index contributed by atoms with van der Waals surface area (Å²) >= 11 is 1.50. The molecule has 178 valence electrons. The Labute approximate surface area is 202 Å². The molecule has 0 saturated carbocycles. The second-order valence-corrected chi connectivity index (χ2v) is 9.40. The molecule has 0 saturated heterocycles. The van der Waals surface area contributed by atoms with Gasteiger partial charge in [-0.25, -0.2) is 19.7 Å². The Balaban J connectivity index is 1.40. The van der Waals surface area contributed by atoms with Crippen molar-refractivity contribution in [3.63, 3.8) is 0 Å². The molecule has 35 heavy (non-hydrogen) atoms. The maximum atomic E-state index is 13.0. The molecule has 3 heterocycles. The van der Waals surface area contributed by atoms with E-state index in [2.05, 4.69) is 20.3 Å². The van der Waals surface area contributed by atoms with Gasteiger partial charge in [-0.3, -0.25) is 0 Å². The summed E-state index contributed by atoms with van der Waals surface area (Å²) in [7, 11) is 0. The number of nitrogens with zero attached hydrogens (tertiary/aromatic N) is 3. The highest BCUT2D eigenvalue weighted by Crippen LogP contribution is 2.41. The molecular weight excluding hydrogens is 477 g/mol. The number of anilines is 2. The van der Waals surface area contributed by atoms with Gasteiger partial charge in [0.15, 0.2) is 0 Å². The molecule has 0 bridgehead atoms. The van der Waals surface area contributed by atoms with Gasteiger partial charge in [-0.05, 0) is 72.9 Å². The van der Waals surface area contributed by atoms with Gasteiger partial charge in [-0.1, -0.05) is 6.07 Å². The number of hydrogen-bond acceptors (Lipinski definition) is 6. The molecule has 1 atom stereocenters. The lowest BCUT2D eigenvalue weighted by atomic mass is 10.0. The van der Waals surface area contributed by atoms with Crippen LogP contribution < -0.4 is 5.32 Å². The Morgan fingerprint density at radius 2 is 1.94 bits per heavy atom. The van der Waals surface area contributed by atoms with E-state index in [0.29, 0.717) is 11.5 Å². The third-order valence-electron chi connectivity index (χ3n) is 5.85. The first-order valence-corrected chi connectivity index (χ1v) is 11.6. The number of aromatic nitrogens is 3. The van der Waals surface area contributed by atoms with E-state index in [9.17, 15) is 23.1 Å². The zero-order chi connectivity index (χ0) is 24.7. The van der Waals surface area contributed by atoms with Crippen LogP contribution in [-0.4, -0.2) is 26.0 Å². The highest BCUT2D eigenvalue weighted by Gasteiger charge is 2.31. The van der Waals surface area contributed by atoms with Crippen molar-refractivity contribution in [2.75, 3.05) is 5.32 Å². The lowest BCUT2D eigenvalue weighted by Gasteiger charge is -2.11. The fraction of sp³-hybridized carbons (Fsp3) is 0.200. The van der Waals surface area contributed by atoms with Crippen LogP contribution in [0.2, 0.25) is 0 Å². The standard InChI is InChI=1S/C25H19F3N4O2S/c1-13-8-19(31-22(9-13)32-21-11-16(6-7-29-21)25(26,27)28)20-12-30-23(35-20)18-5-2-14-10-15(24(33)34)3-4-17(14)18/h3-4,6-12,18H,2,5H2,1H3,(H,33,34)(H,29,31,32). The average Bonchev–Trinajstić information content (AvgIpc) is 3.45. The smallest absolute Gasteiger partial charge is 0.416 e. The van der Waals surface area contributed by atoms with E-state index < -0.39 is 17.7 Å². The number of hydrogen-bond donors (Lipinski definition) is 2. The molecule has 1 aliphatic carbocycles. The van der Waals surface area contributed by atoms with Gasteiger partial charge in [0.1, 0.15) is 16.6 Å². The van der Waals surface area contributed by atoms with Gasteiger partial charge >= 0.3 is 12.1 Å². The largest absolute Gasteiger partial charge is 0.478 e. The van der Waals surface area contributed by atoms with Crippen molar-refractivity contribution in [1.82, 2.24) is 15.0 Å². The van der Waals surface area contributed by atoms with Crippen molar-refractivity contribution in [3.05, 3.63) is 87.7 Å². The quantitative estimate of drug-likeness (QED) is 0.330. The molecule has 1 aromatic carbocycles. The Morgan fingerprint density at radius 3 is 2.71 bits per heavy atom. The fourth-order valence-corrected chi connectivity index (χ4v) is 5.27. The molecule has 4 aromatic rings. The first-order chi connectivity index (χ1) is 16.7. The molecule has 1 unspecified atom stereocenters. The topological polar surface area (TPSA) is 88.0 Å². The van der Waals surface area contributed by atoms with E-state index in [1.165, 1.54) is 11.3 Å². The number of carboxylic acids is 1. The zero-order valence-electron chi connectivity index (χ0n) is 18.4. The Bertz CT molecular complexity index is 1430. The number of fused-ring (bicyclic) bond motifs is 1. The maximum absolute atomic E-state index is 13.0. The van der Waals surface area contributed by atoms with Gasteiger partial charge in [-0.2, -0.15) is 13.2 Å². The van der Waals surface area contributed by atoms with Crippen LogP contribution in [0.4, 0.5) is 24.8 Å². The van der Waals surface area contributed by atoms with Gasteiger partial charge in [0.2, 0.25) is 0 Å². The van der Waals surface area contributed by atoms with Crippen molar-refractivity contribution in [2.45, 2.75) is 31.9 Å². The molecule has 10 heteroatoms. The Morgan fingerprint density at radius 1 is 1.11 bits per heavy atom. The summed E-state index contributed by atoms with van der Waals surface area (Å²) in [5, 5.41) is 13.0. The highest BCUT2D eigenvalue weighted by atomic mass is 32.1. The number of carbonyl (C=O) groups is 1. The third kappa shape index (κ3) is 4.74. The van der Waals surface area contributed by atoms with Gasteiger partial charge in [0.05, 0.1) is 21.7 Å². The number of carboxylic acid groups (broad SMARTS) is 1. The number of thiazole rings is 1. The van der Waals surface area contributed by atoms with Crippen LogP contribution in [0.25, 0.3) is 10.6 Å². The summed E-state index contributed by atoms with van der Waals surface area (Å²) in [6.07, 6.45) is 0.0307. The van der Waals surface area contributed by atoms with Crippen LogP contribution >= 0.6 is 11.3 Å². The minimum absolute atomic E-state index is 0.0529. The number of rotatable bonds is 5. The van der Waals surface area contributed by atoms with E-state index in [1.807, 2.05) is 19.1 Å². The molecular formula is C25H19F3N4O2S. The average molecular weight is 497 g/mol. The second kappa shape index (κ2) is 8.77. The molecule has 0 spiro atoms. The minimum atomic E-state index is -4.46. The summed E-state index contributed by atoms with van der Waals surface area (Å²) in [6, 6.07) is 10.7. The molecule has 0 radical (unpaired) electrons. The molecule has 5 rings (SSSR count). The first kappa shape index (κ1) is 23.0. The van der Waals surface area contributed by atoms with Crippen molar-refractivity contribution >= 4 is 28.9 Å². The zero-order valence-corrected chi connectivity index (χ0v) is 19.2. The van der Waals surface area contributed by atoms with Gasteiger partial charge < -0.3 is 10.4 Å². The van der Waals surface area contributed by atoms with Crippen LogP contribution in [0, 0.1) is 6.92 Å². The van der Waals surface area contributed by atoms with Crippen LogP contribution in [0.3, 0.4) is 0 Å². The lowest BCUT2D eigenvalue weighted by molar-refractivity contribution is -0.137. The van der Waals surface area contributed by atoms with Crippen molar-refractivity contribution < 1.29 is 23.1 Å². The van der Waals surface area contributed by atoms with E-state index in [0.717, 1.165) is 57.7 Å². The molecule has 0 fully saturated rings. The monoisotopic (exact) mass is 496 g/mol. The predicted octanol–water partition coefficient (Wildman–Crippen LogP) is 6.45.